The van der Waals surface area contributed by atoms with E-state index >= 15 is 0 Å². The Balaban J connectivity index is 1.72. The lowest BCUT2D eigenvalue weighted by Gasteiger charge is -2.14. The average molecular weight is 484 g/mol. The molecular formula is C18H16BrF2N5O2S. The highest BCUT2D eigenvalue weighted by Crippen LogP contribution is 2.30. The van der Waals surface area contributed by atoms with Crippen molar-refractivity contribution in [3.8, 4) is 17.1 Å². The van der Waals surface area contributed by atoms with Crippen LogP contribution in [0.15, 0.2) is 58.2 Å². The molecule has 1 amide bonds. The summed E-state index contributed by atoms with van der Waals surface area (Å²) in [6, 6.07) is 13.4. The van der Waals surface area contributed by atoms with Gasteiger partial charge in [0.2, 0.25) is 11.1 Å². The Bertz CT molecular complexity index is 1020. The summed E-state index contributed by atoms with van der Waals surface area (Å²) >= 11 is 4.53. The Morgan fingerprint density at radius 1 is 1.21 bits per heavy atom. The second kappa shape index (κ2) is 9.23. The van der Waals surface area contributed by atoms with E-state index in [1.165, 1.54) is 22.9 Å². The van der Waals surface area contributed by atoms with E-state index in [1.807, 2.05) is 24.3 Å². The van der Waals surface area contributed by atoms with Gasteiger partial charge >= 0.3 is 6.61 Å². The molecule has 0 aliphatic rings. The van der Waals surface area contributed by atoms with Gasteiger partial charge in [-0.15, -0.1) is 10.2 Å². The van der Waals surface area contributed by atoms with Gasteiger partial charge in [0.25, 0.3) is 0 Å². The number of carbonyl (C=O) groups excluding carboxylic acids is 1. The Hall–Kier alpha value is -2.66. The molecular weight excluding hydrogens is 468 g/mol. The van der Waals surface area contributed by atoms with E-state index in [0.29, 0.717) is 11.0 Å². The number of rotatable bonds is 7. The van der Waals surface area contributed by atoms with Gasteiger partial charge in [0.1, 0.15) is 5.75 Å². The van der Waals surface area contributed by atoms with Gasteiger partial charge in [-0.1, -0.05) is 52.0 Å². The van der Waals surface area contributed by atoms with Gasteiger partial charge in [-0.05, 0) is 31.2 Å². The van der Waals surface area contributed by atoms with Gasteiger partial charge < -0.3 is 15.9 Å². The first-order valence-electron chi connectivity index (χ1n) is 8.33. The molecule has 3 N–H and O–H groups in total. The highest BCUT2D eigenvalue weighted by molar-refractivity contribution is 9.10. The summed E-state index contributed by atoms with van der Waals surface area (Å²) in [6.07, 6.45) is 0. The smallest absolute Gasteiger partial charge is 0.387 e. The number of ether oxygens (including phenoxy) is 1. The van der Waals surface area contributed by atoms with Crippen molar-refractivity contribution in [2.75, 3.05) is 11.2 Å². The first-order valence-corrected chi connectivity index (χ1v) is 10.0. The molecule has 7 nitrogen and oxygen atoms in total. The molecule has 0 bridgehead atoms. The molecule has 0 fully saturated rings. The van der Waals surface area contributed by atoms with Crippen molar-refractivity contribution >= 4 is 39.3 Å². The molecule has 0 saturated heterocycles. The molecule has 0 saturated carbocycles. The molecule has 1 unspecified atom stereocenters. The van der Waals surface area contributed by atoms with Crippen LogP contribution >= 0.6 is 27.7 Å². The van der Waals surface area contributed by atoms with Crippen LogP contribution in [0.1, 0.15) is 6.92 Å². The Labute approximate surface area is 177 Å². The van der Waals surface area contributed by atoms with E-state index in [2.05, 4.69) is 36.2 Å². The third kappa shape index (κ3) is 5.04. The zero-order valence-corrected chi connectivity index (χ0v) is 17.5. The third-order valence-corrected chi connectivity index (χ3v) is 5.54. The van der Waals surface area contributed by atoms with E-state index in [1.54, 1.807) is 13.0 Å². The van der Waals surface area contributed by atoms with Crippen molar-refractivity contribution in [3.63, 3.8) is 0 Å². The second-order valence-corrected chi connectivity index (χ2v) is 7.94. The number of nitrogens with zero attached hydrogens (tertiary/aromatic N) is 3. The van der Waals surface area contributed by atoms with Crippen molar-refractivity contribution in [1.82, 2.24) is 14.9 Å². The number of alkyl halides is 2. The second-order valence-electron chi connectivity index (χ2n) is 5.78. The summed E-state index contributed by atoms with van der Waals surface area (Å²) in [7, 11) is 0. The zero-order chi connectivity index (χ0) is 21.0. The Kier molecular flexibility index (Phi) is 6.70. The molecule has 1 atom stereocenters. The molecule has 152 valence electrons. The molecule has 11 heteroatoms. The molecule has 0 aliphatic carbocycles. The third-order valence-electron chi connectivity index (χ3n) is 3.79. The van der Waals surface area contributed by atoms with Gasteiger partial charge in [-0.2, -0.15) is 8.78 Å². The van der Waals surface area contributed by atoms with E-state index in [9.17, 15) is 13.6 Å². The maximum atomic E-state index is 12.5. The fourth-order valence-corrected chi connectivity index (χ4v) is 3.63. The number of halogens is 3. The topological polar surface area (TPSA) is 95.1 Å². The summed E-state index contributed by atoms with van der Waals surface area (Å²) in [5.41, 5.74) is 0.901. The van der Waals surface area contributed by atoms with E-state index in [0.717, 1.165) is 21.8 Å². The normalized spacial score (nSPS) is 12.0. The van der Waals surface area contributed by atoms with Gasteiger partial charge in [0, 0.05) is 10.0 Å². The highest BCUT2D eigenvalue weighted by atomic mass is 79.9. The van der Waals surface area contributed by atoms with Crippen LogP contribution in [0, 0.1) is 0 Å². The van der Waals surface area contributed by atoms with E-state index < -0.39 is 17.8 Å². The predicted octanol–water partition coefficient (Wildman–Crippen LogP) is 4.14. The Morgan fingerprint density at radius 3 is 2.62 bits per heavy atom. The summed E-state index contributed by atoms with van der Waals surface area (Å²) < 4.78 is 31.6. The number of nitrogens with one attached hydrogen (secondary N) is 1. The van der Waals surface area contributed by atoms with Crippen molar-refractivity contribution in [3.05, 3.63) is 53.0 Å². The highest BCUT2D eigenvalue weighted by Gasteiger charge is 2.22. The number of hydrogen-bond donors (Lipinski definition) is 2. The predicted molar refractivity (Wildman–Crippen MR) is 110 cm³/mol. The first-order chi connectivity index (χ1) is 13.9. The van der Waals surface area contributed by atoms with Crippen LogP contribution in [0.4, 0.5) is 14.5 Å². The lowest BCUT2D eigenvalue weighted by Crippen LogP contribution is -2.24. The Morgan fingerprint density at radius 2 is 1.90 bits per heavy atom. The number of para-hydroxylation sites is 2. The quantitative estimate of drug-likeness (QED) is 0.387. The van der Waals surface area contributed by atoms with Crippen LogP contribution in [0.3, 0.4) is 0 Å². The molecule has 0 spiro atoms. The van der Waals surface area contributed by atoms with Crippen molar-refractivity contribution < 1.29 is 18.3 Å². The van der Waals surface area contributed by atoms with Crippen LogP contribution in [-0.2, 0) is 4.79 Å². The van der Waals surface area contributed by atoms with Gasteiger partial charge in [0.05, 0.1) is 10.9 Å². The number of aromatic nitrogens is 3. The van der Waals surface area contributed by atoms with E-state index in [-0.39, 0.29) is 11.4 Å². The SMILES string of the molecule is CC(Sc1nnc(-c2ccccc2Br)n1N)C(=O)Nc1ccccc1OC(F)F. The maximum Gasteiger partial charge on any atom is 0.387 e. The number of benzene rings is 2. The summed E-state index contributed by atoms with van der Waals surface area (Å²) in [5.74, 6) is 5.99. The summed E-state index contributed by atoms with van der Waals surface area (Å²) in [5, 5.41) is 10.4. The largest absolute Gasteiger partial charge is 0.433 e. The lowest BCUT2D eigenvalue weighted by molar-refractivity contribution is -0.115. The number of amides is 1. The van der Waals surface area contributed by atoms with Crippen molar-refractivity contribution in [2.45, 2.75) is 23.9 Å². The van der Waals surface area contributed by atoms with Crippen LogP contribution in [0.25, 0.3) is 11.4 Å². The lowest BCUT2D eigenvalue weighted by atomic mass is 10.2. The van der Waals surface area contributed by atoms with Crippen LogP contribution < -0.4 is 15.9 Å². The molecule has 1 heterocycles. The summed E-state index contributed by atoms with van der Waals surface area (Å²) in [6.45, 7) is -1.35. The van der Waals surface area contributed by atoms with Gasteiger partial charge in [0.15, 0.2) is 5.82 Å². The van der Waals surface area contributed by atoms with E-state index in [4.69, 9.17) is 5.84 Å². The van der Waals surface area contributed by atoms with Crippen LogP contribution in [-0.4, -0.2) is 32.6 Å². The molecule has 3 rings (SSSR count). The molecule has 2 aromatic carbocycles. The number of thioether (sulfide) groups is 1. The van der Waals surface area contributed by atoms with Crippen LogP contribution in [0.2, 0.25) is 0 Å². The number of nitrogen functional groups attached to an aromatic ring is 1. The van der Waals surface area contributed by atoms with Gasteiger partial charge in [-0.3, -0.25) is 4.79 Å². The fourth-order valence-electron chi connectivity index (χ4n) is 2.40. The molecule has 0 radical (unpaired) electrons. The number of anilines is 1. The monoisotopic (exact) mass is 483 g/mol. The maximum absolute atomic E-state index is 12.5. The minimum atomic E-state index is -2.99. The number of nitrogens with two attached hydrogens (primary N) is 1. The van der Waals surface area contributed by atoms with Crippen molar-refractivity contribution in [1.29, 1.82) is 0 Å². The number of carbonyl (C=O) groups is 1. The van der Waals surface area contributed by atoms with Crippen molar-refractivity contribution in [2.24, 2.45) is 0 Å². The molecule has 1 aromatic heterocycles. The van der Waals surface area contributed by atoms with Gasteiger partial charge in [-0.25, -0.2) is 4.68 Å². The summed E-state index contributed by atoms with van der Waals surface area (Å²) in [4.78, 5) is 12.5. The fraction of sp³-hybridized carbons (Fsp3) is 0.167. The number of hydrogen-bond acceptors (Lipinski definition) is 6. The molecule has 3 aromatic rings. The molecule has 29 heavy (non-hydrogen) atoms. The molecule has 0 aliphatic heterocycles. The zero-order valence-electron chi connectivity index (χ0n) is 15.1. The van der Waals surface area contributed by atoms with Crippen LogP contribution in [0.5, 0.6) is 5.75 Å². The first kappa shape index (κ1) is 21.1. The average Bonchev–Trinajstić information content (AvgIpc) is 3.03. The standard InChI is InChI=1S/C18H16BrF2N5O2S/c1-10(16(27)23-13-8-4-5-9-14(13)28-17(20)21)29-18-25-24-15(26(18)22)11-6-2-3-7-12(11)19/h2-10,17H,22H2,1H3,(H,23,27). The minimum Gasteiger partial charge on any atom is -0.433 e. The minimum absolute atomic E-state index is 0.119.